The number of nitrogens with one attached hydrogen (secondary N) is 3. The van der Waals surface area contributed by atoms with Crippen molar-refractivity contribution in [2.75, 3.05) is 127 Å². The third-order valence-electron chi connectivity index (χ3n) is 14.3. The van der Waals surface area contributed by atoms with Gasteiger partial charge in [0.05, 0.1) is 52.9 Å². The Morgan fingerprint density at radius 3 is 1.05 bits per heavy atom. The third kappa shape index (κ3) is 55.0. The first-order valence-corrected chi connectivity index (χ1v) is 32.1. The van der Waals surface area contributed by atoms with E-state index in [-0.39, 0.29) is 125 Å². The number of unbranched alkanes of at least 4 members (excludes halogenated alkanes) is 14. The van der Waals surface area contributed by atoms with Crippen LogP contribution in [0.4, 0.5) is 0 Å². The molecule has 0 saturated heterocycles. The summed E-state index contributed by atoms with van der Waals surface area (Å²) < 4.78 is 44.0. The van der Waals surface area contributed by atoms with Gasteiger partial charge in [0, 0.05) is 163 Å². The van der Waals surface area contributed by atoms with Gasteiger partial charge >= 0.3 is 0 Å². The van der Waals surface area contributed by atoms with Crippen molar-refractivity contribution in [2.24, 2.45) is 5.41 Å². The van der Waals surface area contributed by atoms with Crippen LogP contribution in [0, 0.1) is 5.41 Å². The van der Waals surface area contributed by atoms with E-state index in [2.05, 4.69) is 16.0 Å². The van der Waals surface area contributed by atoms with Crippen molar-refractivity contribution in [3.05, 3.63) is 0 Å². The number of ketones is 5. The lowest BCUT2D eigenvalue weighted by Gasteiger charge is -2.33. The maximum atomic E-state index is 13.9. The lowest BCUT2D eigenvalue weighted by molar-refractivity contribution is -0.132. The number of carbonyl (C=O) groups excluding carboxylic acids is 8. The lowest BCUT2D eigenvalue weighted by Crippen LogP contribution is -2.40. The van der Waals surface area contributed by atoms with E-state index in [9.17, 15) is 43.5 Å². The van der Waals surface area contributed by atoms with E-state index in [1.54, 1.807) is 21.3 Å². The van der Waals surface area contributed by atoms with Crippen molar-refractivity contribution in [1.82, 2.24) is 16.0 Å². The van der Waals surface area contributed by atoms with Gasteiger partial charge in [-0.05, 0) is 89.9 Å². The van der Waals surface area contributed by atoms with Crippen LogP contribution < -0.4 is 16.0 Å². The molecule has 4 N–H and O–H groups in total. The van der Waals surface area contributed by atoms with E-state index in [1.807, 2.05) is 0 Å². The normalized spacial score (nSPS) is 11.9. The summed E-state index contributed by atoms with van der Waals surface area (Å²) >= 11 is 0. The quantitative estimate of drug-likeness (QED) is 0.0414. The first-order valence-electron chi connectivity index (χ1n) is 32.1. The Kier molecular flexibility index (Phi) is 57.2. The Morgan fingerprint density at radius 2 is 0.631 bits per heavy atom. The van der Waals surface area contributed by atoms with Crippen molar-refractivity contribution in [3.63, 3.8) is 0 Å². The van der Waals surface area contributed by atoms with Crippen molar-refractivity contribution in [3.8, 4) is 0 Å². The van der Waals surface area contributed by atoms with E-state index >= 15 is 0 Å². The third-order valence-corrected chi connectivity index (χ3v) is 14.3. The van der Waals surface area contributed by atoms with Crippen LogP contribution in [0.15, 0.2) is 0 Å². The van der Waals surface area contributed by atoms with Crippen LogP contribution in [0.2, 0.25) is 0 Å². The van der Waals surface area contributed by atoms with Gasteiger partial charge in [-0.1, -0.05) is 51.4 Å². The molecule has 490 valence electrons. The Morgan fingerprint density at radius 1 is 0.310 bits per heavy atom. The minimum atomic E-state index is -0.965. The van der Waals surface area contributed by atoms with Crippen LogP contribution in [0.25, 0.3) is 0 Å². The average Bonchev–Trinajstić information content (AvgIpc) is 3.67. The fourth-order valence-electron chi connectivity index (χ4n) is 9.34. The molecule has 0 aliphatic heterocycles. The van der Waals surface area contributed by atoms with E-state index in [0.717, 1.165) is 109 Å². The van der Waals surface area contributed by atoms with E-state index in [1.165, 1.54) is 7.11 Å². The molecule has 0 aliphatic rings. The highest BCUT2D eigenvalue weighted by molar-refractivity contribution is 5.80. The van der Waals surface area contributed by atoms with Crippen molar-refractivity contribution in [2.45, 2.75) is 231 Å². The highest BCUT2D eigenvalue weighted by Crippen LogP contribution is 2.27. The average molecular weight is 1200 g/mol. The van der Waals surface area contributed by atoms with Crippen molar-refractivity contribution >= 4 is 46.6 Å². The molecule has 20 heteroatoms. The molecule has 84 heavy (non-hydrogen) atoms. The fraction of sp³-hybridized carbons (Fsp3) is 0.875. The number of amides is 3. The number of hydrogen-bond acceptors (Lipinski definition) is 17. The van der Waals surface area contributed by atoms with Crippen molar-refractivity contribution < 1.29 is 81.4 Å². The predicted octanol–water partition coefficient (Wildman–Crippen LogP) is 8.83. The van der Waals surface area contributed by atoms with Gasteiger partial charge in [0.15, 0.2) is 0 Å². The first kappa shape index (κ1) is 80.4. The van der Waals surface area contributed by atoms with Gasteiger partial charge in [-0.2, -0.15) is 0 Å². The summed E-state index contributed by atoms with van der Waals surface area (Å²) in [6.07, 6.45) is 22.1. The second kappa shape index (κ2) is 59.7. The molecular weight excluding hydrogens is 1080 g/mol. The summed E-state index contributed by atoms with van der Waals surface area (Å²) in [6, 6.07) is 0. The largest absolute Gasteiger partial charge is 0.388 e. The molecule has 0 saturated carbocycles. The summed E-state index contributed by atoms with van der Waals surface area (Å²) in [6.45, 7) is 4.63. The summed E-state index contributed by atoms with van der Waals surface area (Å²) in [5.74, 6) is 0.386. The number of carbonyl (C=O) groups is 8. The SMILES string of the molecule is COCCCCC(=O)CCCCCC(=O)CCOCC(COCCC(=O)CCCCCC(=O)CCCCOC)(COCCC(=O)NCCCNC(=O)CCCCOC)CC(=O)CCCCCCCCCCC(=O)NCCCOCC(O)COC. The maximum Gasteiger partial charge on any atom is 0.222 e. The Labute approximate surface area is 505 Å². The van der Waals surface area contributed by atoms with Crippen LogP contribution in [0.5, 0.6) is 0 Å². The minimum absolute atomic E-state index is 0.0198. The zero-order valence-corrected chi connectivity index (χ0v) is 52.9. The van der Waals surface area contributed by atoms with Crippen molar-refractivity contribution in [1.29, 1.82) is 0 Å². The predicted molar refractivity (Wildman–Crippen MR) is 325 cm³/mol. The molecule has 0 bridgehead atoms. The smallest absolute Gasteiger partial charge is 0.222 e. The number of aliphatic hydroxyl groups is 1. The molecule has 0 aromatic rings. The molecule has 0 aromatic heterocycles. The standard InChI is InChI=1S/C64H117N3O17/c1-77-42-22-19-31-55(68)27-14-11-16-29-57(70)36-46-82-52-64(53-83-47-37-58(71)30-17-12-15-28-56(69)32-20-23-43-78-2,54-84-48-38-63(76)66-40-25-39-65-62(75)35-21-24-44-79-3)49-59(72)33-13-9-7-5-6-8-10-18-34-61(74)67-41-26-45-81-51-60(73)50-80-4/h60,73H,5-54H2,1-4H3,(H,65,75)(H,66,76)(H,67,74). The Balaban J connectivity index is 5.51. The number of ether oxygens (including phenoxy) is 8. The monoisotopic (exact) mass is 1200 g/mol. The molecule has 1 unspecified atom stereocenters. The molecule has 0 rings (SSSR count). The summed E-state index contributed by atoms with van der Waals surface area (Å²) in [4.78, 5) is 101. The van der Waals surface area contributed by atoms with E-state index in [0.29, 0.717) is 136 Å². The van der Waals surface area contributed by atoms with Crippen LogP contribution >= 0.6 is 0 Å². The fourth-order valence-corrected chi connectivity index (χ4v) is 9.34. The van der Waals surface area contributed by atoms with Gasteiger partial charge in [0.1, 0.15) is 35.0 Å². The number of aliphatic hydroxyl groups excluding tert-OH is 1. The van der Waals surface area contributed by atoms with E-state index in [4.69, 9.17) is 37.9 Å². The summed E-state index contributed by atoms with van der Waals surface area (Å²) in [5.41, 5.74) is -0.965. The molecule has 1 atom stereocenters. The maximum absolute atomic E-state index is 13.9. The van der Waals surface area contributed by atoms with Gasteiger partial charge in [0.25, 0.3) is 0 Å². The lowest BCUT2D eigenvalue weighted by atomic mass is 9.83. The Hall–Kier alpha value is -3.60. The molecule has 3 amide bonds. The highest BCUT2D eigenvalue weighted by atomic mass is 16.5. The molecule has 0 aliphatic carbocycles. The Bertz CT molecular complexity index is 1540. The number of methoxy groups -OCH3 is 4. The molecule has 0 aromatic carbocycles. The van der Waals surface area contributed by atoms with Crippen LogP contribution in [-0.4, -0.2) is 185 Å². The highest BCUT2D eigenvalue weighted by Gasteiger charge is 2.35. The first-order chi connectivity index (χ1) is 40.8. The van der Waals surface area contributed by atoms with Gasteiger partial charge in [-0.25, -0.2) is 0 Å². The van der Waals surface area contributed by atoms with Gasteiger partial charge in [0.2, 0.25) is 17.7 Å². The second-order valence-electron chi connectivity index (χ2n) is 22.5. The zero-order valence-electron chi connectivity index (χ0n) is 52.9. The second-order valence-corrected chi connectivity index (χ2v) is 22.5. The number of hydrogen-bond donors (Lipinski definition) is 4. The summed E-state index contributed by atoms with van der Waals surface area (Å²) in [7, 11) is 6.46. The molecular formula is C64H117N3O17. The van der Waals surface area contributed by atoms with Gasteiger partial charge in [-0.15, -0.1) is 0 Å². The van der Waals surface area contributed by atoms with Gasteiger partial charge < -0.3 is 59.0 Å². The molecule has 0 radical (unpaired) electrons. The zero-order chi connectivity index (χ0) is 61.8. The molecule has 20 nitrogen and oxygen atoms in total. The van der Waals surface area contributed by atoms with Crippen LogP contribution in [0.3, 0.4) is 0 Å². The van der Waals surface area contributed by atoms with Crippen LogP contribution in [-0.2, 0) is 76.3 Å². The van der Waals surface area contributed by atoms with Crippen LogP contribution in [0.1, 0.15) is 225 Å². The topological polar surface area (TPSA) is 267 Å². The minimum Gasteiger partial charge on any atom is -0.388 e. The molecule has 0 fully saturated rings. The summed E-state index contributed by atoms with van der Waals surface area (Å²) in [5, 5.41) is 18.3. The van der Waals surface area contributed by atoms with Gasteiger partial charge in [-0.3, -0.25) is 38.4 Å². The number of Topliss-reactive ketones (excluding diaryl/α,β-unsaturated/α-hetero) is 5. The molecule has 0 heterocycles. The van der Waals surface area contributed by atoms with E-state index < -0.39 is 11.5 Å². The number of rotatable bonds is 67. The molecule has 0 spiro atoms.